The van der Waals surface area contributed by atoms with E-state index in [9.17, 15) is 5.11 Å². The molecule has 1 nitrogen and oxygen atoms in total. The Balaban J connectivity index is 2.18. The Labute approximate surface area is 85.8 Å². The van der Waals surface area contributed by atoms with Gasteiger partial charge in [0.05, 0.1) is 6.10 Å². The van der Waals surface area contributed by atoms with Crippen molar-refractivity contribution in [1.82, 2.24) is 0 Å². The van der Waals surface area contributed by atoms with Crippen molar-refractivity contribution in [3.8, 4) is 0 Å². The minimum atomic E-state index is -0.162. The van der Waals surface area contributed by atoms with Crippen molar-refractivity contribution in [2.75, 3.05) is 0 Å². The van der Waals surface area contributed by atoms with Gasteiger partial charge in [0.25, 0.3) is 0 Å². The summed E-state index contributed by atoms with van der Waals surface area (Å²) >= 11 is 0. The van der Waals surface area contributed by atoms with Crippen molar-refractivity contribution < 1.29 is 5.11 Å². The summed E-state index contributed by atoms with van der Waals surface area (Å²) in [4.78, 5) is 0. The van der Waals surface area contributed by atoms with Gasteiger partial charge in [-0.1, -0.05) is 37.3 Å². The second kappa shape index (κ2) is 4.14. The lowest BCUT2D eigenvalue weighted by Gasteiger charge is -2.21. The van der Waals surface area contributed by atoms with Crippen LogP contribution in [0.2, 0.25) is 0 Å². The van der Waals surface area contributed by atoms with Crippen molar-refractivity contribution in [2.45, 2.75) is 38.2 Å². The Bertz CT molecular complexity index is 277. The van der Waals surface area contributed by atoms with Gasteiger partial charge in [0.15, 0.2) is 0 Å². The van der Waals surface area contributed by atoms with E-state index in [1.165, 1.54) is 18.4 Å². The van der Waals surface area contributed by atoms with E-state index in [1.807, 2.05) is 6.07 Å². The lowest BCUT2D eigenvalue weighted by molar-refractivity contribution is 0.129. The van der Waals surface area contributed by atoms with Gasteiger partial charge in [-0.25, -0.2) is 0 Å². The van der Waals surface area contributed by atoms with Crippen LogP contribution in [0.4, 0.5) is 0 Å². The van der Waals surface area contributed by atoms with Gasteiger partial charge in [-0.3, -0.25) is 0 Å². The Morgan fingerprint density at radius 3 is 2.43 bits per heavy atom. The van der Waals surface area contributed by atoms with Crippen molar-refractivity contribution in [3.63, 3.8) is 0 Å². The van der Waals surface area contributed by atoms with Crippen molar-refractivity contribution >= 4 is 0 Å². The van der Waals surface area contributed by atoms with E-state index in [-0.39, 0.29) is 6.10 Å². The highest BCUT2D eigenvalue weighted by atomic mass is 16.3. The molecule has 0 aromatic heterocycles. The zero-order chi connectivity index (χ0) is 9.97. The number of aliphatic hydroxyl groups excluding tert-OH is 1. The monoisotopic (exact) mass is 190 g/mol. The van der Waals surface area contributed by atoms with Gasteiger partial charge in [-0.15, -0.1) is 0 Å². The van der Waals surface area contributed by atoms with Crippen LogP contribution in [0.25, 0.3) is 0 Å². The predicted octanol–water partition coefficient (Wildman–Crippen LogP) is 2.95. The van der Waals surface area contributed by atoms with Crippen LogP contribution < -0.4 is 0 Å². The van der Waals surface area contributed by atoms with Gasteiger partial charge in [0.1, 0.15) is 0 Å². The van der Waals surface area contributed by atoms with Crippen LogP contribution in [0.15, 0.2) is 30.3 Å². The summed E-state index contributed by atoms with van der Waals surface area (Å²) in [5.74, 6) is 1.11. The molecule has 2 rings (SSSR count). The van der Waals surface area contributed by atoms with Crippen LogP contribution >= 0.6 is 0 Å². The highest BCUT2D eigenvalue weighted by Crippen LogP contribution is 2.44. The summed E-state index contributed by atoms with van der Waals surface area (Å²) < 4.78 is 0. The topological polar surface area (TPSA) is 20.2 Å². The molecule has 2 unspecified atom stereocenters. The zero-order valence-electron chi connectivity index (χ0n) is 8.69. The largest absolute Gasteiger partial charge is 0.392 e. The van der Waals surface area contributed by atoms with E-state index in [4.69, 9.17) is 0 Å². The van der Waals surface area contributed by atoms with Gasteiger partial charge in [0.2, 0.25) is 0 Å². The van der Waals surface area contributed by atoms with Crippen LogP contribution in [0.1, 0.15) is 37.7 Å². The van der Waals surface area contributed by atoms with E-state index < -0.39 is 0 Å². The molecule has 0 radical (unpaired) electrons. The maximum atomic E-state index is 9.98. The maximum absolute atomic E-state index is 9.98. The first-order valence-electron chi connectivity index (χ1n) is 5.56. The fraction of sp³-hybridized carbons (Fsp3) is 0.538. The molecule has 1 fully saturated rings. The van der Waals surface area contributed by atoms with Crippen molar-refractivity contribution in [3.05, 3.63) is 35.9 Å². The first-order valence-corrected chi connectivity index (χ1v) is 5.56. The Kier molecular flexibility index (Phi) is 2.87. The second-order valence-corrected chi connectivity index (χ2v) is 4.25. The number of benzene rings is 1. The molecule has 1 heteroatoms. The Morgan fingerprint density at radius 2 is 1.93 bits per heavy atom. The quantitative estimate of drug-likeness (QED) is 0.774. The molecule has 1 aromatic rings. The van der Waals surface area contributed by atoms with Crippen LogP contribution in [0, 0.1) is 5.92 Å². The number of hydrogen-bond acceptors (Lipinski definition) is 1. The fourth-order valence-electron chi connectivity index (χ4n) is 2.19. The van der Waals surface area contributed by atoms with E-state index in [0.29, 0.717) is 5.92 Å². The van der Waals surface area contributed by atoms with Crippen molar-refractivity contribution in [1.29, 1.82) is 0 Å². The van der Waals surface area contributed by atoms with Gasteiger partial charge < -0.3 is 5.11 Å². The molecule has 1 saturated carbocycles. The summed E-state index contributed by atoms with van der Waals surface area (Å²) in [5, 5.41) is 9.98. The summed E-state index contributed by atoms with van der Waals surface area (Å²) in [6, 6.07) is 10.4. The lowest BCUT2D eigenvalue weighted by atomic mass is 9.88. The molecule has 1 aromatic carbocycles. The highest BCUT2D eigenvalue weighted by molar-refractivity contribution is 5.23. The first-order chi connectivity index (χ1) is 6.83. The molecule has 1 N–H and O–H groups in total. The third kappa shape index (κ3) is 1.98. The summed E-state index contributed by atoms with van der Waals surface area (Å²) in [6.45, 7) is 2.06. The molecule has 0 spiro atoms. The summed E-state index contributed by atoms with van der Waals surface area (Å²) in [5.41, 5.74) is 1.31. The SMILES string of the molecule is CCC(O)C(c1ccccc1)C1CC1. The average Bonchev–Trinajstić information content (AvgIpc) is 3.04. The fourth-order valence-corrected chi connectivity index (χ4v) is 2.19. The standard InChI is InChI=1S/C13H18O/c1-2-12(14)13(11-8-9-11)10-6-4-3-5-7-10/h3-7,11-14H,2,8-9H2,1H3. The molecular weight excluding hydrogens is 172 g/mol. The van der Waals surface area contributed by atoms with Gasteiger partial charge in [-0.05, 0) is 30.7 Å². The van der Waals surface area contributed by atoms with E-state index >= 15 is 0 Å². The molecule has 1 aliphatic carbocycles. The zero-order valence-corrected chi connectivity index (χ0v) is 8.69. The van der Waals surface area contributed by atoms with Crippen molar-refractivity contribution in [2.24, 2.45) is 5.92 Å². The average molecular weight is 190 g/mol. The first kappa shape index (κ1) is 9.72. The van der Waals surface area contributed by atoms with Gasteiger partial charge >= 0.3 is 0 Å². The van der Waals surface area contributed by atoms with E-state index in [0.717, 1.165) is 12.3 Å². The molecule has 76 valence electrons. The molecule has 1 aliphatic rings. The Hall–Kier alpha value is -0.820. The van der Waals surface area contributed by atoms with Crippen LogP contribution in [0.5, 0.6) is 0 Å². The molecular formula is C13H18O. The van der Waals surface area contributed by atoms with E-state index in [2.05, 4.69) is 31.2 Å². The molecule has 0 amide bonds. The smallest absolute Gasteiger partial charge is 0.0608 e. The van der Waals surface area contributed by atoms with E-state index in [1.54, 1.807) is 0 Å². The number of aliphatic hydroxyl groups is 1. The molecule has 2 atom stereocenters. The second-order valence-electron chi connectivity index (χ2n) is 4.25. The molecule has 0 aliphatic heterocycles. The third-order valence-electron chi connectivity index (χ3n) is 3.15. The third-order valence-corrected chi connectivity index (χ3v) is 3.15. The number of hydrogen-bond donors (Lipinski definition) is 1. The minimum Gasteiger partial charge on any atom is -0.392 e. The predicted molar refractivity (Wildman–Crippen MR) is 58.2 cm³/mol. The minimum absolute atomic E-state index is 0.162. The van der Waals surface area contributed by atoms with Crippen LogP contribution in [-0.2, 0) is 0 Å². The van der Waals surface area contributed by atoms with Crippen LogP contribution in [-0.4, -0.2) is 11.2 Å². The van der Waals surface area contributed by atoms with Gasteiger partial charge in [-0.2, -0.15) is 0 Å². The summed E-state index contributed by atoms with van der Waals surface area (Å²) in [7, 11) is 0. The number of rotatable bonds is 4. The lowest BCUT2D eigenvalue weighted by Crippen LogP contribution is -2.19. The molecule has 0 heterocycles. The highest BCUT2D eigenvalue weighted by Gasteiger charge is 2.35. The summed E-state index contributed by atoms with van der Waals surface area (Å²) in [6.07, 6.45) is 3.27. The van der Waals surface area contributed by atoms with Gasteiger partial charge in [0, 0.05) is 5.92 Å². The maximum Gasteiger partial charge on any atom is 0.0608 e. The Morgan fingerprint density at radius 1 is 1.29 bits per heavy atom. The van der Waals surface area contributed by atoms with Crippen LogP contribution in [0.3, 0.4) is 0 Å². The normalized spacial score (nSPS) is 20.4. The molecule has 14 heavy (non-hydrogen) atoms. The molecule has 0 saturated heterocycles. The molecule has 0 bridgehead atoms.